The average Bonchev–Trinajstić information content (AvgIpc) is 2.89. The van der Waals surface area contributed by atoms with Gasteiger partial charge in [-0.15, -0.1) is 0 Å². The van der Waals surface area contributed by atoms with E-state index in [0.29, 0.717) is 16.1 Å². The molecular weight excluding hydrogens is 522 g/mol. The van der Waals surface area contributed by atoms with E-state index < -0.39 is 28.6 Å². The number of nitrogens with one attached hydrogen (secondary N) is 1. The van der Waals surface area contributed by atoms with Crippen LogP contribution < -0.4 is 19.2 Å². The monoisotopic (exact) mass is 545 g/mol. The topological polar surface area (TPSA) is 124 Å². The maximum Gasteiger partial charge on any atom is 0.513 e. The number of halogens is 1. The van der Waals surface area contributed by atoms with Crippen molar-refractivity contribution in [2.45, 2.75) is 11.8 Å². The molecular formula is C25H24ClN3O7S. The first-order valence-corrected chi connectivity index (χ1v) is 12.6. The SMILES string of the molecule is COC(=O)Oc1ccc(/C=N/NC(=O)CN(c2cc(Cl)ccc2C)S(=O)(=O)c2ccccc2)cc1OC. The van der Waals surface area contributed by atoms with Crippen LogP contribution in [0.25, 0.3) is 0 Å². The Balaban J connectivity index is 1.81. The number of carbonyl (C=O) groups excluding carboxylic acids is 2. The highest BCUT2D eigenvalue weighted by molar-refractivity contribution is 7.92. The quantitative estimate of drug-likeness (QED) is 0.185. The molecule has 0 unspecified atom stereocenters. The first-order chi connectivity index (χ1) is 17.6. The number of carbonyl (C=O) groups is 2. The van der Waals surface area contributed by atoms with E-state index in [9.17, 15) is 18.0 Å². The van der Waals surface area contributed by atoms with Gasteiger partial charge in [0.25, 0.3) is 15.9 Å². The zero-order chi connectivity index (χ0) is 27.0. The largest absolute Gasteiger partial charge is 0.513 e. The summed E-state index contributed by atoms with van der Waals surface area (Å²) < 4.78 is 42.5. The molecule has 0 saturated heterocycles. The van der Waals surface area contributed by atoms with Gasteiger partial charge in [-0.25, -0.2) is 18.6 Å². The summed E-state index contributed by atoms with van der Waals surface area (Å²) >= 11 is 6.13. The number of ether oxygens (including phenoxy) is 3. The molecule has 1 N–H and O–H groups in total. The predicted octanol–water partition coefficient (Wildman–Crippen LogP) is 4.15. The molecule has 0 aliphatic heterocycles. The predicted molar refractivity (Wildman–Crippen MR) is 139 cm³/mol. The van der Waals surface area contributed by atoms with Crippen molar-refractivity contribution in [3.63, 3.8) is 0 Å². The Morgan fingerprint density at radius 3 is 2.43 bits per heavy atom. The summed E-state index contributed by atoms with van der Waals surface area (Å²) in [7, 11) is -1.53. The molecule has 0 atom stereocenters. The van der Waals surface area contributed by atoms with Crippen molar-refractivity contribution in [2.75, 3.05) is 25.1 Å². The number of nitrogens with zero attached hydrogens (tertiary/aromatic N) is 2. The molecule has 0 fully saturated rings. The lowest BCUT2D eigenvalue weighted by atomic mass is 10.2. The third-order valence-corrected chi connectivity index (χ3v) is 7.02. The van der Waals surface area contributed by atoms with Crippen molar-refractivity contribution in [2.24, 2.45) is 5.10 Å². The lowest BCUT2D eigenvalue weighted by Gasteiger charge is -2.25. The van der Waals surface area contributed by atoms with Crippen LogP contribution in [0.1, 0.15) is 11.1 Å². The smallest absolute Gasteiger partial charge is 0.493 e. The van der Waals surface area contributed by atoms with Gasteiger partial charge in [-0.2, -0.15) is 5.10 Å². The molecule has 0 aromatic heterocycles. The molecule has 0 spiro atoms. The molecule has 12 heteroatoms. The fourth-order valence-corrected chi connectivity index (χ4v) is 4.86. The zero-order valence-electron chi connectivity index (χ0n) is 20.2. The first kappa shape index (κ1) is 27.5. The molecule has 37 heavy (non-hydrogen) atoms. The number of sulfonamides is 1. The van der Waals surface area contributed by atoms with Crippen molar-refractivity contribution in [1.82, 2.24) is 5.43 Å². The van der Waals surface area contributed by atoms with Crippen LogP contribution in [0, 0.1) is 6.92 Å². The lowest BCUT2D eigenvalue weighted by molar-refractivity contribution is -0.119. The maximum absolute atomic E-state index is 13.4. The van der Waals surface area contributed by atoms with Crippen LogP contribution >= 0.6 is 11.6 Å². The van der Waals surface area contributed by atoms with Gasteiger partial charge in [-0.05, 0) is 60.5 Å². The van der Waals surface area contributed by atoms with Gasteiger partial charge in [-0.3, -0.25) is 9.10 Å². The minimum absolute atomic E-state index is 0.0204. The highest BCUT2D eigenvalue weighted by Gasteiger charge is 2.28. The summed E-state index contributed by atoms with van der Waals surface area (Å²) in [6.07, 6.45) is 0.417. The van der Waals surface area contributed by atoms with E-state index in [1.807, 2.05) is 0 Å². The summed E-state index contributed by atoms with van der Waals surface area (Å²) in [5.74, 6) is -0.320. The van der Waals surface area contributed by atoms with Gasteiger partial charge in [0.05, 0.1) is 31.0 Å². The molecule has 3 aromatic rings. The highest BCUT2D eigenvalue weighted by atomic mass is 35.5. The van der Waals surface area contributed by atoms with Gasteiger partial charge >= 0.3 is 6.16 Å². The van der Waals surface area contributed by atoms with Gasteiger partial charge in [-0.1, -0.05) is 35.9 Å². The molecule has 3 rings (SSSR count). The molecule has 10 nitrogen and oxygen atoms in total. The van der Waals surface area contributed by atoms with E-state index in [-0.39, 0.29) is 22.1 Å². The number of amides is 1. The summed E-state index contributed by atoms with van der Waals surface area (Å²) in [6.45, 7) is 1.17. The number of benzene rings is 3. The average molecular weight is 546 g/mol. The van der Waals surface area contributed by atoms with E-state index >= 15 is 0 Å². The van der Waals surface area contributed by atoms with Crippen LogP contribution in [0.2, 0.25) is 5.02 Å². The molecule has 0 aliphatic rings. The molecule has 0 saturated carbocycles. The normalized spacial score (nSPS) is 11.1. The van der Waals surface area contributed by atoms with Gasteiger partial charge in [0.1, 0.15) is 6.54 Å². The van der Waals surface area contributed by atoms with E-state index in [1.54, 1.807) is 43.3 Å². The number of hydrogen-bond donors (Lipinski definition) is 1. The minimum atomic E-state index is -4.10. The Bertz CT molecular complexity index is 1410. The lowest BCUT2D eigenvalue weighted by Crippen LogP contribution is -2.40. The summed E-state index contributed by atoms with van der Waals surface area (Å²) in [5.41, 5.74) is 3.71. The van der Waals surface area contributed by atoms with E-state index in [2.05, 4.69) is 15.3 Å². The van der Waals surface area contributed by atoms with Crippen LogP contribution in [0.3, 0.4) is 0 Å². The molecule has 0 radical (unpaired) electrons. The van der Waals surface area contributed by atoms with Crippen LogP contribution in [-0.4, -0.2) is 47.5 Å². The van der Waals surface area contributed by atoms with Crippen LogP contribution in [0.15, 0.2) is 76.7 Å². The second-order valence-corrected chi connectivity index (χ2v) is 9.81. The Morgan fingerprint density at radius 2 is 1.76 bits per heavy atom. The number of aryl methyl sites for hydroxylation is 1. The van der Waals surface area contributed by atoms with E-state index in [1.165, 1.54) is 50.8 Å². The number of hydrogen-bond acceptors (Lipinski definition) is 8. The first-order valence-electron chi connectivity index (χ1n) is 10.8. The maximum atomic E-state index is 13.4. The number of hydrazone groups is 1. The number of rotatable bonds is 9. The molecule has 0 bridgehead atoms. The van der Waals surface area contributed by atoms with Crippen molar-refractivity contribution >= 4 is 45.6 Å². The van der Waals surface area contributed by atoms with Crippen LogP contribution in [0.5, 0.6) is 11.5 Å². The Labute approximate surface area is 219 Å². The van der Waals surface area contributed by atoms with Gasteiger partial charge in [0.15, 0.2) is 11.5 Å². The van der Waals surface area contributed by atoms with Crippen molar-refractivity contribution < 1.29 is 32.2 Å². The number of methoxy groups -OCH3 is 2. The number of anilines is 1. The van der Waals surface area contributed by atoms with Gasteiger partial charge in [0, 0.05) is 5.02 Å². The Hall–Kier alpha value is -4.09. The Kier molecular flexibility index (Phi) is 9.10. The molecule has 194 valence electrons. The molecule has 3 aromatic carbocycles. The van der Waals surface area contributed by atoms with Crippen molar-refractivity contribution in [1.29, 1.82) is 0 Å². The second-order valence-electron chi connectivity index (χ2n) is 7.52. The second kappa shape index (κ2) is 12.2. The van der Waals surface area contributed by atoms with Gasteiger partial charge in [0.2, 0.25) is 0 Å². The zero-order valence-corrected chi connectivity index (χ0v) is 21.7. The van der Waals surface area contributed by atoms with E-state index in [4.69, 9.17) is 21.1 Å². The fraction of sp³-hybridized carbons (Fsp3) is 0.160. The third kappa shape index (κ3) is 6.99. The van der Waals surface area contributed by atoms with Crippen LogP contribution in [-0.2, 0) is 19.6 Å². The molecule has 1 amide bonds. The minimum Gasteiger partial charge on any atom is -0.493 e. The van der Waals surface area contributed by atoms with Crippen LogP contribution in [0.4, 0.5) is 10.5 Å². The summed E-state index contributed by atoms with van der Waals surface area (Å²) in [4.78, 5) is 24.1. The van der Waals surface area contributed by atoms with E-state index in [0.717, 1.165) is 4.31 Å². The standard InChI is InChI=1S/C25H24ClN3O7S/c1-17-9-11-19(26)14-21(17)29(37(32,33)20-7-5-4-6-8-20)16-24(30)28-27-15-18-10-12-22(23(13-18)34-2)36-25(31)35-3/h4-15H,16H2,1-3H3,(H,28,30)/b27-15+. The Morgan fingerprint density at radius 1 is 1.03 bits per heavy atom. The van der Waals surface area contributed by atoms with Gasteiger partial charge < -0.3 is 14.2 Å². The third-order valence-electron chi connectivity index (χ3n) is 5.01. The molecule has 0 heterocycles. The highest BCUT2D eigenvalue weighted by Crippen LogP contribution is 2.30. The molecule has 0 aliphatic carbocycles. The van der Waals surface area contributed by atoms with Crippen molar-refractivity contribution in [3.8, 4) is 11.5 Å². The fourth-order valence-electron chi connectivity index (χ4n) is 3.20. The summed E-state index contributed by atoms with van der Waals surface area (Å²) in [5, 5.41) is 4.23. The van der Waals surface area contributed by atoms with Crippen molar-refractivity contribution in [3.05, 3.63) is 82.9 Å². The summed E-state index contributed by atoms with van der Waals surface area (Å²) in [6, 6.07) is 17.1.